The van der Waals surface area contributed by atoms with Crippen molar-refractivity contribution in [3.05, 3.63) is 29.8 Å². The molecule has 2 aliphatic rings. The van der Waals surface area contributed by atoms with E-state index in [0.29, 0.717) is 12.0 Å². The van der Waals surface area contributed by atoms with Crippen LogP contribution >= 0.6 is 0 Å². The van der Waals surface area contributed by atoms with Crippen molar-refractivity contribution in [3.8, 4) is 5.75 Å². The molecule has 2 amide bonds. The molecule has 1 atom stereocenters. The van der Waals surface area contributed by atoms with E-state index < -0.39 is 0 Å². The summed E-state index contributed by atoms with van der Waals surface area (Å²) in [5.41, 5.74) is 2.04. The van der Waals surface area contributed by atoms with Crippen molar-refractivity contribution in [2.45, 2.75) is 71.4 Å². The fraction of sp³-hybridized carbons (Fsp3) is 0.619. The summed E-state index contributed by atoms with van der Waals surface area (Å²) in [6.07, 6.45) is 6.96. The molecule has 4 heteroatoms. The van der Waals surface area contributed by atoms with Crippen molar-refractivity contribution >= 4 is 11.7 Å². The van der Waals surface area contributed by atoms with Crippen molar-refractivity contribution in [1.82, 2.24) is 4.90 Å². The summed E-state index contributed by atoms with van der Waals surface area (Å²) < 4.78 is 5.81. The van der Waals surface area contributed by atoms with Gasteiger partial charge in [-0.05, 0) is 49.8 Å². The summed E-state index contributed by atoms with van der Waals surface area (Å²) in [6.45, 7) is 7.11. The molecule has 1 aromatic rings. The van der Waals surface area contributed by atoms with E-state index in [9.17, 15) is 4.79 Å². The summed E-state index contributed by atoms with van der Waals surface area (Å²) >= 11 is 0. The smallest absolute Gasteiger partial charge is 0.344 e. The van der Waals surface area contributed by atoms with Gasteiger partial charge in [0.05, 0.1) is 12.6 Å². The van der Waals surface area contributed by atoms with E-state index in [1.165, 1.54) is 19.3 Å². The molecule has 1 unspecified atom stereocenters. The third-order valence-electron chi connectivity index (χ3n) is 5.29. The molecule has 1 heterocycles. The maximum Gasteiger partial charge on any atom is 0.344 e. The zero-order chi connectivity index (χ0) is 17.8. The van der Waals surface area contributed by atoms with Gasteiger partial charge in [0.2, 0.25) is 0 Å². The van der Waals surface area contributed by atoms with E-state index in [-0.39, 0.29) is 12.1 Å². The van der Waals surface area contributed by atoms with Gasteiger partial charge in [0.25, 0.3) is 0 Å². The van der Waals surface area contributed by atoms with Crippen LogP contribution in [0.2, 0.25) is 0 Å². The number of hydrogen-bond acceptors (Lipinski definition) is 2. The molecule has 0 aromatic heterocycles. The number of benzene rings is 1. The maximum absolute atomic E-state index is 12.5. The van der Waals surface area contributed by atoms with Crippen LogP contribution in [0.1, 0.15) is 70.9 Å². The van der Waals surface area contributed by atoms with E-state index in [4.69, 9.17) is 4.74 Å². The van der Waals surface area contributed by atoms with Gasteiger partial charge in [0.1, 0.15) is 5.75 Å². The van der Waals surface area contributed by atoms with Gasteiger partial charge in [-0.1, -0.05) is 45.2 Å². The molecule has 1 aliphatic heterocycles. The second-order valence-corrected chi connectivity index (χ2v) is 7.74. The van der Waals surface area contributed by atoms with Crippen molar-refractivity contribution in [3.63, 3.8) is 0 Å². The summed E-state index contributed by atoms with van der Waals surface area (Å²) in [4.78, 5) is 18.7. The number of nitrogens with zero attached hydrogens (tertiary/aromatic N) is 2. The van der Waals surface area contributed by atoms with Crippen molar-refractivity contribution < 1.29 is 9.53 Å². The van der Waals surface area contributed by atoms with Crippen LogP contribution in [0.4, 0.5) is 4.79 Å². The van der Waals surface area contributed by atoms with Gasteiger partial charge in [0.15, 0.2) is 0 Å². The summed E-state index contributed by atoms with van der Waals surface area (Å²) in [5, 5.41) is 0. The molecule has 25 heavy (non-hydrogen) atoms. The first-order chi connectivity index (χ1) is 12.1. The third-order valence-corrected chi connectivity index (χ3v) is 5.29. The van der Waals surface area contributed by atoms with E-state index in [1.807, 2.05) is 24.0 Å². The van der Waals surface area contributed by atoms with Gasteiger partial charge in [-0.2, -0.15) is 0 Å². The summed E-state index contributed by atoms with van der Waals surface area (Å²) in [7, 11) is 0. The molecule has 3 rings (SSSR count). The van der Waals surface area contributed by atoms with Crippen LogP contribution in [0.5, 0.6) is 5.75 Å². The minimum absolute atomic E-state index is 0.0136. The first-order valence-corrected chi connectivity index (χ1v) is 9.66. The van der Waals surface area contributed by atoms with Gasteiger partial charge in [-0.3, -0.25) is 0 Å². The standard InChI is InChI=1S/C21H30N2O2/c1-15(2)13-14-25-19-11-9-17(10-12-19)20-16(3)22-21(24)23(20)18-7-5-4-6-8-18/h9-12,15,18,20H,4-8,13-14H2,1-3H3. The number of amides is 2. The molecule has 1 fully saturated rings. The second kappa shape index (κ2) is 8.03. The molecule has 0 N–H and O–H groups in total. The fourth-order valence-corrected chi connectivity index (χ4v) is 3.87. The second-order valence-electron chi connectivity index (χ2n) is 7.74. The fourth-order valence-electron chi connectivity index (χ4n) is 3.87. The van der Waals surface area contributed by atoms with Crippen LogP contribution in [0, 0.1) is 5.92 Å². The molecule has 0 bridgehead atoms. The minimum Gasteiger partial charge on any atom is -0.494 e. The van der Waals surface area contributed by atoms with Crippen molar-refractivity contribution in [1.29, 1.82) is 0 Å². The van der Waals surface area contributed by atoms with E-state index in [2.05, 4.69) is 31.0 Å². The molecule has 1 aromatic carbocycles. The Bertz CT molecular complexity index is 615. The average Bonchev–Trinajstić information content (AvgIpc) is 2.90. The highest BCUT2D eigenvalue weighted by atomic mass is 16.5. The van der Waals surface area contributed by atoms with Gasteiger partial charge >= 0.3 is 6.03 Å². The quantitative estimate of drug-likeness (QED) is 0.696. The van der Waals surface area contributed by atoms with E-state index in [0.717, 1.165) is 42.9 Å². The number of carbonyl (C=O) groups excluding carboxylic acids is 1. The molecule has 1 saturated carbocycles. The maximum atomic E-state index is 12.5. The summed E-state index contributed by atoms with van der Waals surface area (Å²) in [6, 6.07) is 8.46. The Kier molecular flexibility index (Phi) is 5.77. The number of hydrogen-bond donors (Lipinski definition) is 0. The molecular weight excluding hydrogens is 312 g/mol. The highest BCUT2D eigenvalue weighted by molar-refractivity contribution is 6.04. The monoisotopic (exact) mass is 342 g/mol. The van der Waals surface area contributed by atoms with Crippen LogP contribution in [0.25, 0.3) is 0 Å². The number of urea groups is 1. The van der Waals surface area contributed by atoms with Crippen LogP contribution < -0.4 is 4.74 Å². The molecule has 1 aliphatic carbocycles. The Balaban J connectivity index is 1.71. The van der Waals surface area contributed by atoms with Crippen LogP contribution in [0.15, 0.2) is 29.3 Å². The normalized spacial score (nSPS) is 21.8. The lowest BCUT2D eigenvalue weighted by Gasteiger charge is -2.35. The van der Waals surface area contributed by atoms with Crippen molar-refractivity contribution in [2.24, 2.45) is 10.9 Å². The molecule has 4 nitrogen and oxygen atoms in total. The van der Waals surface area contributed by atoms with Gasteiger partial charge in [-0.15, -0.1) is 0 Å². The predicted molar refractivity (Wildman–Crippen MR) is 101 cm³/mol. The third kappa shape index (κ3) is 4.23. The Morgan fingerprint density at radius 1 is 1.16 bits per heavy atom. The Hall–Kier alpha value is -1.84. The van der Waals surface area contributed by atoms with Gasteiger partial charge < -0.3 is 9.64 Å². The minimum atomic E-state index is -0.0633. The zero-order valence-corrected chi connectivity index (χ0v) is 15.7. The lowest BCUT2D eigenvalue weighted by molar-refractivity contribution is 0.158. The number of aliphatic imine (C=N–C) groups is 1. The highest BCUT2D eigenvalue weighted by Crippen LogP contribution is 2.36. The first-order valence-electron chi connectivity index (χ1n) is 9.66. The summed E-state index contributed by atoms with van der Waals surface area (Å²) in [5.74, 6) is 1.54. The molecule has 0 saturated heterocycles. The van der Waals surface area contributed by atoms with E-state index >= 15 is 0 Å². The largest absolute Gasteiger partial charge is 0.494 e. The SMILES string of the molecule is CC1=NC(=O)N(C2CCCCC2)C1c1ccc(OCCC(C)C)cc1. The Morgan fingerprint density at radius 2 is 1.84 bits per heavy atom. The van der Waals surface area contributed by atoms with Crippen LogP contribution in [-0.2, 0) is 0 Å². The topological polar surface area (TPSA) is 41.9 Å². The number of ether oxygens (including phenoxy) is 1. The zero-order valence-electron chi connectivity index (χ0n) is 15.7. The lowest BCUT2D eigenvalue weighted by atomic mass is 9.91. The van der Waals surface area contributed by atoms with Gasteiger partial charge in [0, 0.05) is 11.8 Å². The number of carbonyl (C=O) groups is 1. The molecule has 136 valence electrons. The van der Waals surface area contributed by atoms with Crippen LogP contribution in [0.3, 0.4) is 0 Å². The highest BCUT2D eigenvalue weighted by Gasteiger charge is 2.38. The number of rotatable bonds is 6. The molecule has 0 radical (unpaired) electrons. The van der Waals surface area contributed by atoms with Crippen molar-refractivity contribution in [2.75, 3.05) is 6.61 Å². The van der Waals surface area contributed by atoms with Crippen LogP contribution in [-0.4, -0.2) is 29.3 Å². The predicted octanol–water partition coefficient (Wildman–Crippen LogP) is 5.38. The Morgan fingerprint density at radius 3 is 2.48 bits per heavy atom. The van der Waals surface area contributed by atoms with Gasteiger partial charge in [-0.25, -0.2) is 9.79 Å². The first kappa shape index (κ1) is 18.0. The molecule has 0 spiro atoms. The average molecular weight is 342 g/mol. The van der Waals surface area contributed by atoms with E-state index in [1.54, 1.807) is 0 Å². The lowest BCUT2D eigenvalue weighted by Crippen LogP contribution is -2.40. The Labute approximate surface area is 151 Å². The molecular formula is C21H30N2O2.